The third-order valence-corrected chi connectivity index (χ3v) is 7.22. The van der Waals surface area contributed by atoms with Crippen molar-refractivity contribution in [2.75, 3.05) is 19.8 Å². The minimum Gasteiger partial charge on any atom is -0.477 e. The third kappa shape index (κ3) is 2.77. The van der Waals surface area contributed by atoms with Crippen LogP contribution in [0.5, 0.6) is 0 Å². The van der Waals surface area contributed by atoms with E-state index in [2.05, 4.69) is 5.32 Å². The summed E-state index contributed by atoms with van der Waals surface area (Å²) in [6.45, 7) is 5.48. The predicted molar refractivity (Wildman–Crippen MR) is 93.1 cm³/mol. The molecule has 0 spiro atoms. The highest BCUT2D eigenvalue weighted by Crippen LogP contribution is 2.51. The van der Waals surface area contributed by atoms with E-state index >= 15 is 0 Å². The molecule has 3 N–H and O–H groups in total. The molecule has 0 aromatic rings. The molecule has 3 saturated heterocycles. The van der Waals surface area contributed by atoms with E-state index in [4.69, 9.17) is 9.47 Å². The molecule has 0 aromatic heterocycles. The number of nitrogens with zero attached hydrogens (tertiary/aromatic N) is 1. The number of carbonyl (C=O) groups is 2. The molecule has 3 fully saturated rings. The van der Waals surface area contributed by atoms with Gasteiger partial charge in [-0.2, -0.15) is 0 Å². The van der Waals surface area contributed by atoms with Gasteiger partial charge in [-0.15, -0.1) is 11.8 Å². The second-order valence-electron chi connectivity index (χ2n) is 7.37. The van der Waals surface area contributed by atoms with Crippen molar-refractivity contribution >= 4 is 23.6 Å². The van der Waals surface area contributed by atoms with Gasteiger partial charge in [-0.05, 0) is 13.3 Å². The first kappa shape index (κ1) is 18.2. The van der Waals surface area contributed by atoms with Crippen molar-refractivity contribution in [1.29, 1.82) is 0 Å². The molecule has 0 saturated carbocycles. The maximum Gasteiger partial charge on any atom is 0.353 e. The van der Waals surface area contributed by atoms with Crippen molar-refractivity contribution in [3.63, 3.8) is 0 Å². The summed E-state index contributed by atoms with van der Waals surface area (Å²) in [5.74, 6) is -1.99. The van der Waals surface area contributed by atoms with Gasteiger partial charge in [0.1, 0.15) is 5.70 Å². The van der Waals surface area contributed by atoms with Crippen LogP contribution in [-0.2, 0) is 19.1 Å². The van der Waals surface area contributed by atoms with E-state index in [0.717, 1.165) is 17.9 Å². The number of hydrogen-bond donors (Lipinski definition) is 3. The maximum absolute atomic E-state index is 12.4. The van der Waals surface area contributed by atoms with Gasteiger partial charge >= 0.3 is 5.97 Å². The number of carboxylic acids is 1. The average Bonchev–Trinajstić information content (AvgIpc) is 3.28. The summed E-state index contributed by atoms with van der Waals surface area (Å²) in [6.07, 6.45) is -0.202. The summed E-state index contributed by atoms with van der Waals surface area (Å²) in [5.41, 5.74) is 0.0891. The lowest BCUT2D eigenvalue weighted by molar-refractivity contribution is -0.163. The predicted octanol–water partition coefficient (Wildman–Crippen LogP) is -0.0233. The monoisotopic (exact) mass is 384 g/mol. The number of nitrogens with one attached hydrogen (secondary N) is 1. The summed E-state index contributed by atoms with van der Waals surface area (Å²) < 4.78 is 11.1. The Morgan fingerprint density at radius 2 is 2.08 bits per heavy atom. The molecule has 144 valence electrons. The second kappa shape index (κ2) is 6.79. The number of ether oxygens (including phenoxy) is 2. The van der Waals surface area contributed by atoms with Crippen molar-refractivity contribution in [2.45, 2.75) is 50.0 Å². The molecule has 9 heteroatoms. The Balaban J connectivity index is 1.50. The Labute approximate surface area is 155 Å². The van der Waals surface area contributed by atoms with Gasteiger partial charge in [0.05, 0.1) is 37.3 Å². The van der Waals surface area contributed by atoms with Crippen LogP contribution in [0.4, 0.5) is 0 Å². The number of aliphatic carboxylic acids is 1. The lowest BCUT2D eigenvalue weighted by Gasteiger charge is -2.46. The third-order valence-electron chi connectivity index (χ3n) is 5.71. The average molecular weight is 384 g/mol. The van der Waals surface area contributed by atoms with E-state index in [1.54, 1.807) is 6.92 Å². The fourth-order valence-electron chi connectivity index (χ4n) is 4.50. The van der Waals surface area contributed by atoms with Crippen LogP contribution in [0.1, 0.15) is 20.3 Å². The summed E-state index contributed by atoms with van der Waals surface area (Å²) in [6, 6.07) is -0.160. The van der Waals surface area contributed by atoms with Crippen molar-refractivity contribution in [3.8, 4) is 0 Å². The van der Waals surface area contributed by atoms with Crippen LogP contribution in [0.15, 0.2) is 10.6 Å². The molecule has 0 aromatic carbocycles. The Bertz CT molecular complexity index is 647. The lowest BCUT2D eigenvalue weighted by Crippen LogP contribution is -2.63. The zero-order chi connectivity index (χ0) is 18.6. The highest BCUT2D eigenvalue weighted by molar-refractivity contribution is 8.03. The van der Waals surface area contributed by atoms with Crippen molar-refractivity contribution in [1.82, 2.24) is 10.2 Å². The van der Waals surface area contributed by atoms with Gasteiger partial charge < -0.3 is 29.9 Å². The normalized spacial score (nSPS) is 38.7. The zero-order valence-corrected chi connectivity index (χ0v) is 15.6. The van der Waals surface area contributed by atoms with E-state index in [1.165, 1.54) is 16.7 Å². The first-order valence-corrected chi connectivity index (χ1v) is 9.90. The van der Waals surface area contributed by atoms with Crippen LogP contribution in [0.25, 0.3) is 0 Å². The van der Waals surface area contributed by atoms with Crippen LogP contribution < -0.4 is 5.32 Å². The first-order valence-electron chi connectivity index (χ1n) is 9.02. The highest BCUT2D eigenvalue weighted by Gasteiger charge is 2.60. The minimum absolute atomic E-state index is 0.0891. The van der Waals surface area contributed by atoms with E-state index in [1.807, 2.05) is 6.92 Å². The van der Waals surface area contributed by atoms with Gasteiger partial charge in [0.15, 0.2) is 6.29 Å². The topological polar surface area (TPSA) is 108 Å². The van der Waals surface area contributed by atoms with E-state index in [-0.39, 0.29) is 41.1 Å². The molecule has 4 aliphatic heterocycles. The Morgan fingerprint density at radius 1 is 1.38 bits per heavy atom. The summed E-state index contributed by atoms with van der Waals surface area (Å²) in [4.78, 5) is 26.3. The molecule has 4 aliphatic rings. The molecule has 4 heterocycles. The molecule has 0 radical (unpaired) electrons. The molecule has 0 bridgehead atoms. The summed E-state index contributed by atoms with van der Waals surface area (Å²) in [7, 11) is 0. The Hall–Kier alpha value is -1.13. The Kier molecular flexibility index (Phi) is 4.77. The molecule has 0 aliphatic carbocycles. The number of carboxylic acid groups (broad SMARTS) is 1. The van der Waals surface area contributed by atoms with Gasteiger partial charge in [-0.3, -0.25) is 4.79 Å². The number of aliphatic hydroxyl groups excluding tert-OH is 1. The van der Waals surface area contributed by atoms with Crippen molar-refractivity contribution in [2.24, 2.45) is 11.8 Å². The molecule has 8 nitrogen and oxygen atoms in total. The molecular weight excluding hydrogens is 360 g/mol. The standard InChI is InChI=1S/C17H24N2O6S/c1-7-12-11(8(2)20)15(21)19(12)13(16(22)23)14(7)26-9-5-10(18-6-9)17-24-3-4-25-17/h7-12,17-18,20H,3-6H2,1-2H3,(H,22,23)/t7-,8-,9+,10+,11-,12-/m1/s1. The van der Waals surface area contributed by atoms with Crippen LogP contribution in [0, 0.1) is 11.8 Å². The molecular formula is C17H24N2O6S. The molecule has 1 amide bonds. The lowest BCUT2D eigenvalue weighted by atomic mass is 9.79. The first-order chi connectivity index (χ1) is 12.4. The van der Waals surface area contributed by atoms with E-state index in [9.17, 15) is 19.8 Å². The summed E-state index contributed by atoms with van der Waals surface area (Å²) in [5, 5.41) is 23.2. The van der Waals surface area contributed by atoms with Crippen LogP contribution in [-0.4, -0.2) is 76.5 Å². The number of β-lactam (4-membered cyclic amide) rings is 1. The van der Waals surface area contributed by atoms with Gasteiger partial charge in [-0.25, -0.2) is 4.79 Å². The SMILES string of the molecule is C[C@@H](O)[C@H]1C(=O)N2C(C(=O)O)=C(S[C@@H]3CN[C@H](C4OCCO4)C3)[C@H](C)[C@H]12. The van der Waals surface area contributed by atoms with E-state index in [0.29, 0.717) is 13.2 Å². The zero-order valence-electron chi connectivity index (χ0n) is 14.8. The Morgan fingerprint density at radius 3 is 2.69 bits per heavy atom. The van der Waals surface area contributed by atoms with Crippen LogP contribution in [0.2, 0.25) is 0 Å². The molecule has 0 unspecified atom stereocenters. The number of carbonyl (C=O) groups excluding carboxylic acids is 1. The molecule has 6 atom stereocenters. The van der Waals surface area contributed by atoms with Crippen LogP contribution >= 0.6 is 11.8 Å². The number of aliphatic hydroxyl groups is 1. The number of hydrogen-bond acceptors (Lipinski definition) is 7. The quantitative estimate of drug-likeness (QED) is 0.568. The number of amides is 1. The maximum atomic E-state index is 12.4. The smallest absolute Gasteiger partial charge is 0.353 e. The molecule has 4 rings (SSSR count). The largest absolute Gasteiger partial charge is 0.477 e. The van der Waals surface area contributed by atoms with Gasteiger partial charge in [0, 0.05) is 22.6 Å². The van der Waals surface area contributed by atoms with Gasteiger partial charge in [0.2, 0.25) is 5.91 Å². The fourth-order valence-corrected chi connectivity index (χ4v) is 5.99. The van der Waals surface area contributed by atoms with Crippen LogP contribution in [0.3, 0.4) is 0 Å². The second-order valence-corrected chi connectivity index (χ2v) is 8.71. The van der Waals surface area contributed by atoms with Crippen molar-refractivity contribution in [3.05, 3.63) is 10.6 Å². The number of fused-ring (bicyclic) bond motifs is 1. The highest BCUT2D eigenvalue weighted by atomic mass is 32.2. The number of rotatable bonds is 5. The van der Waals surface area contributed by atoms with E-state index < -0.39 is 18.0 Å². The number of thioether (sulfide) groups is 1. The van der Waals surface area contributed by atoms with Crippen molar-refractivity contribution < 1.29 is 29.3 Å². The summed E-state index contributed by atoms with van der Waals surface area (Å²) >= 11 is 1.53. The van der Waals surface area contributed by atoms with Gasteiger partial charge in [0.25, 0.3) is 0 Å². The molecule has 26 heavy (non-hydrogen) atoms. The minimum atomic E-state index is -1.08. The van der Waals surface area contributed by atoms with Gasteiger partial charge in [-0.1, -0.05) is 6.92 Å². The fraction of sp³-hybridized carbons (Fsp3) is 0.765.